The first-order chi connectivity index (χ1) is 10.8. The first kappa shape index (κ1) is 18.7. The SMILES string of the molecule is I.NC(=NCCN1CCCCC1)N1CCN(c2nccs2)CC1. The van der Waals surface area contributed by atoms with Gasteiger partial charge in [0, 0.05) is 44.3 Å². The molecule has 0 aromatic carbocycles. The quantitative estimate of drug-likeness (QED) is 0.430. The van der Waals surface area contributed by atoms with Crippen LogP contribution in [0.4, 0.5) is 5.13 Å². The fourth-order valence-electron chi connectivity index (χ4n) is 3.09. The Hall–Kier alpha value is -0.610. The molecule has 2 aliphatic rings. The van der Waals surface area contributed by atoms with Gasteiger partial charge in [-0.05, 0) is 25.9 Å². The number of nitrogens with zero attached hydrogens (tertiary/aromatic N) is 5. The normalized spacial score (nSPS) is 20.4. The molecule has 8 heteroatoms. The molecule has 0 saturated carbocycles. The number of anilines is 1. The molecule has 0 aliphatic carbocycles. The molecule has 0 radical (unpaired) electrons. The molecule has 0 bridgehead atoms. The highest BCUT2D eigenvalue weighted by Crippen LogP contribution is 2.18. The Labute approximate surface area is 159 Å². The van der Waals surface area contributed by atoms with E-state index in [0.29, 0.717) is 5.96 Å². The summed E-state index contributed by atoms with van der Waals surface area (Å²) < 4.78 is 0. The Morgan fingerprint density at radius 3 is 2.52 bits per heavy atom. The minimum atomic E-state index is 0. The molecule has 2 fully saturated rings. The van der Waals surface area contributed by atoms with Crippen LogP contribution < -0.4 is 10.6 Å². The first-order valence-corrected chi connectivity index (χ1v) is 9.12. The number of rotatable bonds is 4. The lowest BCUT2D eigenvalue weighted by atomic mass is 10.1. The van der Waals surface area contributed by atoms with Gasteiger partial charge >= 0.3 is 0 Å². The molecular weight excluding hydrogens is 423 g/mol. The van der Waals surface area contributed by atoms with Crippen molar-refractivity contribution in [3.05, 3.63) is 11.6 Å². The summed E-state index contributed by atoms with van der Waals surface area (Å²) in [6.45, 7) is 8.10. The fraction of sp³-hybridized carbons (Fsp3) is 0.733. The third-order valence-corrected chi connectivity index (χ3v) is 5.26. The van der Waals surface area contributed by atoms with Crippen molar-refractivity contribution in [2.75, 3.05) is 57.3 Å². The van der Waals surface area contributed by atoms with E-state index in [2.05, 4.69) is 24.7 Å². The van der Waals surface area contributed by atoms with Crippen molar-refractivity contribution < 1.29 is 0 Å². The number of piperidine rings is 1. The van der Waals surface area contributed by atoms with E-state index in [1.165, 1.54) is 32.4 Å². The van der Waals surface area contributed by atoms with Crippen molar-refractivity contribution in [1.82, 2.24) is 14.8 Å². The second kappa shape index (κ2) is 9.63. The van der Waals surface area contributed by atoms with Gasteiger partial charge in [0.1, 0.15) is 0 Å². The van der Waals surface area contributed by atoms with E-state index in [-0.39, 0.29) is 24.0 Å². The maximum atomic E-state index is 6.15. The van der Waals surface area contributed by atoms with E-state index in [1.54, 1.807) is 11.3 Å². The molecule has 2 N–H and O–H groups in total. The molecule has 23 heavy (non-hydrogen) atoms. The van der Waals surface area contributed by atoms with Crippen molar-refractivity contribution in [3.8, 4) is 0 Å². The Kier molecular flexibility index (Phi) is 7.84. The lowest BCUT2D eigenvalue weighted by molar-refractivity contribution is 0.235. The summed E-state index contributed by atoms with van der Waals surface area (Å²) in [5.74, 6) is 0.704. The van der Waals surface area contributed by atoms with Crippen molar-refractivity contribution in [1.29, 1.82) is 0 Å². The number of hydrogen-bond donors (Lipinski definition) is 1. The molecule has 130 valence electrons. The van der Waals surface area contributed by atoms with Gasteiger partial charge in [0.15, 0.2) is 11.1 Å². The zero-order valence-electron chi connectivity index (χ0n) is 13.6. The van der Waals surface area contributed by atoms with Crippen LogP contribution in [0.15, 0.2) is 16.6 Å². The largest absolute Gasteiger partial charge is 0.370 e. The summed E-state index contributed by atoms with van der Waals surface area (Å²) in [5.41, 5.74) is 6.15. The molecule has 0 spiro atoms. The van der Waals surface area contributed by atoms with Crippen molar-refractivity contribution in [2.24, 2.45) is 10.7 Å². The monoisotopic (exact) mass is 450 g/mol. The molecule has 0 amide bonds. The Morgan fingerprint density at radius 1 is 1.13 bits per heavy atom. The van der Waals surface area contributed by atoms with Crippen LogP contribution in [-0.2, 0) is 0 Å². The third kappa shape index (κ3) is 5.46. The van der Waals surface area contributed by atoms with Crippen LogP contribution in [0.1, 0.15) is 19.3 Å². The van der Waals surface area contributed by atoms with Gasteiger partial charge in [-0.25, -0.2) is 4.98 Å². The molecular formula is C15H27IN6S. The zero-order valence-corrected chi connectivity index (χ0v) is 16.7. The van der Waals surface area contributed by atoms with Crippen LogP contribution in [0.5, 0.6) is 0 Å². The van der Waals surface area contributed by atoms with Gasteiger partial charge < -0.3 is 20.4 Å². The highest BCUT2D eigenvalue weighted by atomic mass is 127. The van der Waals surface area contributed by atoms with E-state index < -0.39 is 0 Å². The van der Waals surface area contributed by atoms with Crippen molar-refractivity contribution in [3.63, 3.8) is 0 Å². The maximum Gasteiger partial charge on any atom is 0.191 e. The minimum absolute atomic E-state index is 0. The fourth-order valence-corrected chi connectivity index (χ4v) is 3.78. The van der Waals surface area contributed by atoms with Gasteiger partial charge in [-0.3, -0.25) is 4.99 Å². The van der Waals surface area contributed by atoms with E-state index in [4.69, 9.17) is 5.73 Å². The van der Waals surface area contributed by atoms with Gasteiger partial charge in [0.25, 0.3) is 0 Å². The highest BCUT2D eigenvalue weighted by molar-refractivity contribution is 14.0. The van der Waals surface area contributed by atoms with Gasteiger partial charge in [-0.1, -0.05) is 6.42 Å². The summed E-state index contributed by atoms with van der Waals surface area (Å²) in [5, 5.41) is 3.14. The van der Waals surface area contributed by atoms with E-state index in [1.807, 2.05) is 11.6 Å². The predicted molar refractivity (Wildman–Crippen MR) is 108 cm³/mol. The van der Waals surface area contributed by atoms with E-state index in [9.17, 15) is 0 Å². The molecule has 2 aliphatic heterocycles. The molecule has 0 atom stereocenters. The Morgan fingerprint density at radius 2 is 1.87 bits per heavy atom. The van der Waals surface area contributed by atoms with Crippen LogP contribution in [0, 0.1) is 0 Å². The molecule has 6 nitrogen and oxygen atoms in total. The van der Waals surface area contributed by atoms with Gasteiger partial charge in [-0.15, -0.1) is 35.3 Å². The summed E-state index contributed by atoms with van der Waals surface area (Å²) in [6.07, 6.45) is 5.91. The predicted octanol–water partition coefficient (Wildman–Crippen LogP) is 1.68. The van der Waals surface area contributed by atoms with E-state index in [0.717, 1.165) is 44.4 Å². The second-order valence-corrected chi connectivity index (χ2v) is 6.80. The smallest absolute Gasteiger partial charge is 0.191 e. The number of halogens is 1. The average molecular weight is 450 g/mol. The zero-order chi connectivity index (χ0) is 15.2. The standard InChI is InChI=1S/C15H26N6S.HI/c16-14(17-4-8-19-6-2-1-3-7-19)20-9-11-21(12-10-20)15-18-5-13-22-15;/h5,13H,1-4,6-12H2,(H2,16,17);1H. The van der Waals surface area contributed by atoms with Crippen LogP contribution in [0.25, 0.3) is 0 Å². The molecule has 1 aromatic heterocycles. The second-order valence-electron chi connectivity index (χ2n) is 5.93. The summed E-state index contributed by atoms with van der Waals surface area (Å²) >= 11 is 1.70. The number of piperazine rings is 1. The average Bonchev–Trinajstić information content (AvgIpc) is 3.10. The molecule has 3 rings (SSSR count). The van der Waals surface area contributed by atoms with Crippen LogP contribution >= 0.6 is 35.3 Å². The number of thiazole rings is 1. The minimum Gasteiger partial charge on any atom is -0.370 e. The van der Waals surface area contributed by atoms with Crippen molar-refractivity contribution >= 4 is 46.4 Å². The lowest BCUT2D eigenvalue weighted by Crippen LogP contribution is -2.51. The molecule has 1 aromatic rings. The maximum absolute atomic E-state index is 6.15. The Balaban J connectivity index is 0.00000192. The van der Waals surface area contributed by atoms with Crippen LogP contribution in [-0.4, -0.2) is 73.1 Å². The van der Waals surface area contributed by atoms with Crippen LogP contribution in [0.3, 0.4) is 0 Å². The Bertz CT molecular complexity index is 466. The number of likely N-dealkylation sites (tertiary alicyclic amines) is 1. The summed E-state index contributed by atoms with van der Waals surface area (Å²) in [6, 6.07) is 0. The molecule has 3 heterocycles. The van der Waals surface area contributed by atoms with Crippen LogP contribution in [0.2, 0.25) is 0 Å². The molecule has 2 saturated heterocycles. The summed E-state index contributed by atoms with van der Waals surface area (Å²) in [7, 11) is 0. The number of nitrogens with two attached hydrogens (primary N) is 1. The first-order valence-electron chi connectivity index (χ1n) is 8.24. The highest BCUT2D eigenvalue weighted by Gasteiger charge is 2.19. The van der Waals surface area contributed by atoms with Gasteiger partial charge in [-0.2, -0.15) is 0 Å². The molecule has 0 unspecified atom stereocenters. The summed E-state index contributed by atoms with van der Waals surface area (Å²) in [4.78, 5) is 16.0. The van der Waals surface area contributed by atoms with E-state index >= 15 is 0 Å². The number of aromatic nitrogens is 1. The number of guanidine groups is 1. The van der Waals surface area contributed by atoms with Gasteiger partial charge in [0.05, 0.1) is 6.54 Å². The lowest BCUT2D eigenvalue weighted by Gasteiger charge is -2.35. The number of aliphatic imine (C=N–C) groups is 1. The topological polar surface area (TPSA) is 61.0 Å². The third-order valence-electron chi connectivity index (χ3n) is 4.43. The van der Waals surface area contributed by atoms with Gasteiger partial charge in [0.2, 0.25) is 0 Å². The van der Waals surface area contributed by atoms with Crippen molar-refractivity contribution in [2.45, 2.75) is 19.3 Å². The number of hydrogen-bond acceptors (Lipinski definition) is 5.